The normalized spacial score (nSPS) is 11.6. The van der Waals surface area contributed by atoms with Crippen LogP contribution in [-0.2, 0) is 0 Å². The number of quaternary nitrogens is 1. The number of rotatable bonds is 6. The lowest BCUT2D eigenvalue weighted by Gasteiger charge is -2.24. The summed E-state index contributed by atoms with van der Waals surface area (Å²) in [4.78, 5) is 23.5. The average molecular weight is 363 g/mol. The quantitative estimate of drug-likeness (QED) is 0.398. The molecule has 7 heteroatoms. The molecule has 0 bridgehead atoms. The van der Waals surface area contributed by atoms with E-state index in [9.17, 15) is 20.1 Å². The van der Waals surface area contributed by atoms with Gasteiger partial charge in [0, 0.05) is 23.3 Å². The maximum absolute atomic E-state index is 12.9. The van der Waals surface area contributed by atoms with Crippen LogP contribution < -0.4 is 10.6 Å². The summed E-state index contributed by atoms with van der Waals surface area (Å²) in [6, 6.07) is 19.6. The Morgan fingerprint density at radius 3 is 2.37 bits per heavy atom. The van der Waals surface area contributed by atoms with Gasteiger partial charge in [0.15, 0.2) is 11.5 Å². The van der Waals surface area contributed by atoms with Gasteiger partial charge in [0.2, 0.25) is 0 Å². The number of para-hydroxylation sites is 2. The largest absolute Gasteiger partial charge is 0.603 e. The number of hydrogen-bond acceptors (Lipinski definition) is 5. The number of carbonyl (C=O) groups excluding carboxylic acids is 1. The molecule has 0 aliphatic carbocycles. The first-order valence-electron chi connectivity index (χ1n) is 8.22. The van der Waals surface area contributed by atoms with E-state index in [0.29, 0.717) is 11.3 Å². The van der Waals surface area contributed by atoms with E-state index in [-0.39, 0.29) is 22.5 Å². The summed E-state index contributed by atoms with van der Waals surface area (Å²) in [5.41, 5.74) is 4.23. The Balaban J connectivity index is 1.95. The summed E-state index contributed by atoms with van der Waals surface area (Å²) in [5.74, 6) is -0.447. The van der Waals surface area contributed by atoms with Crippen LogP contribution in [0.5, 0.6) is 0 Å². The Hall–Kier alpha value is -3.55. The third-order valence-electron chi connectivity index (χ3n) is 4.12. The van der Waals surface area contributed by atoms with Crippen LogP contribution in [0.4, 0.5) is 17.1 Å². The molecule has 0 radical (unpaired) electrons. The maximum atomic E-state index is 12.9. The number of nitrogens with zero attached hydrogens (tertiary/aromatic N) is 1. The number of nitrogens with one attached hydrogen (secondary N) is 2. The lowest BCUT2D eigenvalue weighted by molar-refractivity contribution is -0.749. The zero-order chi connectivity index (χ0) is 19.4. The van der Waals surface area contributed by atoms with Crippen molar-refractivity contribution in [3.8, 4) is 0 Å². The van der Waals surface area contributed by atoms with E-state index in [2.05, 4.69) is 5.43 Å². The minimum atomic E-state index is -0.528. The van der Waals surface area contributed by atoms with Crippen molar-refractivity contribution < 1.29 is 14.9 Å². The molecule has 0 aliphatic rings. The second-order valence-electron chi connectivity index (χ2n) is 5.95. The molecular weight excluding hydrogens is 346 g/mol. The third kappa shape index (κ3) is 4.00. The zero-order valence-corrected chi connectivity index (χ0v) is 14.5. The van der Waals surface area contributed by atoms with Gasteiger partial charge in [-0.2, -0.15) is 0 Å². The van der Waals surface area contributed by atoms with Gasteiger partial charge in [-0.15, -0.1) is 0 Å². The summed E-state index contributed by atoms with van der Waals surface area (Å²) in [6.45, 7) is 1.60. The SMILES string of the molecule is Cc1ccc(C(=O)c2ccccc2[NH+]([O-])Nc2ccccc2)cc1[N+](=O)[O-]. The predicted octanol–water partition coefficient (Wildman–Crippen LogP) is 3.18. The van der Waals surface area contributed by atoms with Crippen LogP contribution >= 0.6 is 0 Å². The van der Waals surface area contributed by atoms with E-state index in [1.165, 1.54) is 24.3 Å². The fraction of sp³-hybridized carbons (Fsp3) is 0.0500. The van der Waals surface area contributed by atoms with Gasteiger partial charge in [0.05, 0.1) is 16.2 Å². The number of carbonyl (C=O) groups is 1. The van der Waals surface area contributed by atoms with Crippen LogP contribution in [0, 0.1) is 22.2 Å². The Morgan fingerprint density at radius 1 is 1.00 bits per heavy atom. The molecular formula is C20H17N3O4. The van der Waals surface area contributed by atoms with Gasteiger partial charge in [-0.05, 0) is 25.1 Å². The second-order valence-corrected chi connectivity index (χ2v) is 5.95. The molecule has 3 aromatic rings. The summed E-state index contributed by atoms with van der Waals surface area (Å²) in [6.07, 6.45) is 0. The highest BCUT2D eigenvalue weighted by Crippen LogP contribution is 2.23. The van der Waals surface area contributed by atoms with Crippen molar-refractivity contribution in [1.29, 1.82) is 0 Å². The fourth-order valence-corrected chi connectivity index (χ4v) is 2.70. The molecule has 1 atom stereocenters. The summed E-state index contributed by atoms with van der Waals surface area (Å²) >= 11 is 0. The number of ketones is 1. The number of hydrogen-bond donors (Lipinski definition) is 2. The topological polar surface area (TPSA) is 99.7 Å². The van der Waals surface area contributed by atoms with E-state index in [0.717, 1.165) is 0 Å². The van der Waals surface area contributed by atoms with Crippen molar-refractivity contribution in [2.24, 2.45) is 0 Å². The van der Waals surface area contributed by atoms with E-state index < -0.39 is 15.9 Å². The number of benzene rings is 3. The molecule has 0 saturated carbocycles. The number of aryl methyl sites for hydroxylation is 1. The molecule has 0 spiro atoms. The van der Waals surface area contributed by atoms with Gasteiger partial charge in [-0.3, -0.25) is 14.9 Å². The standard InChI is InChI=1S/C20H17N3O4/c1-14-11-12-15(13-19(14)23(26)27)20(24)17-9-5-6-10-18(17)22(25)21-16-7-3-2-4-8-16/h2-13,21-22H,1H3. The monoisotopic (exact) mass is 363 g/mol. The first kappa shape index (κ1) is 18.2. The van der Waals surface area contributed by atoms with Gasteiger partial charge < -0.3 is 5.21 Å². The molecule has 0 fully saturated rings. The van der Waals surface area contributed by atoms with Crippen LogP contribution in [0.3, 0.4) is 0 Å². The molecule has 7 nitrogen and oxygen atoms in total. The summed E-state index contributed by atoms with van der Waals surface area (Å²) in [5, 5.41) is 23.3. The molecule has 0 saturated heterocycles. The molecule has 27 heavy (non-hydrogen) atoms. The summed E-state index contributed by atoms with van der Waals surface area (Å²) < 4.78 is 0. The highest BCUT2D eigenvalue weighted by atomic mass is 16.6. The lowest BCUT2D eigenvalue weighted by atomic mass is 10.00. The Bertz CT molecular complexity index is 990. The average Bonchev–Trinajstić information content (AvgIpc) is 2.68. The van der Waals surface area contributed by atoms with Crippen molar-refractivity contribution in [3.63, 3.8) is 0 Å². The minimum Gasteiger partial charge on any atom is -0.603 e. The van der Waals surface area contributed by atoms with Crippen LogP contribution in [0.2, 0.25) is 0 Å². The summed E-state index contributed by atoms with van der Waals surface area (Å²) in [7, 11) is 0. The molecule has 136 valence electrons. The Labute approximate surface area is 155 Å². The fourth-order valence-electron chi connectivity index (χ4n) is 2.70. The molecule has 3 rings (SSSR count). The molecule has 0 aromatic heterocycles. The maximum Gasteiger partial charge on any atom is 0.273 e. The minimum absolute atomic E-state index is 0.132. The molecule has 0 heterocycles. The third-order valence-corrected chi connectivity index (χ3v) is 4.12. The van der Waals surface area contributed by atoms with Crippen LogP contribution in [0.1, 0.15) is 21.5 Å². The van der Waals surface area contributed by atoms with E-state index in [1.54, 1.807) is 49.4 Å². The predicted molar refractivity (Wildman–Crippen MR) is 102 cm³/mol. The number of nitro benzene ring substituents is 1. The second kappa shape index (κ2) is 7.77. The van der Waals surface area contributed by atoms with E-state index in [1.807, 2.05) is 6.07 Å². The van der Waals surface area contributed by atoms with Crippen molar-refractivity contribution in [2.45, 2.75) is 6.92 Å². The highest BCUT2D eigenvalue weighted by molar-refractivity contribution is 6.11. The molecule has 0 aliphatic heterocycles. The van der Waals surface area contributed by atoms with Crippen molar-refractivity contribution in [2.75, 3.05) is 5.43 Å². The molecule has 0 amide bonds. The van der Waals surface area contributed by atoms with Gasteiger partial charge in [0.1, 0.15) is 0 Å². The molecule has 3 aromatic carbocycles. The Kier molecular flexibility index (Phi) is 5.25. The smallest absolute Gasteiger partial charge is 0.273 e. The first-order chi connectivity index (χ1) is 13.0. The molecule has 2 N–H and O–H groups in total. The number of anilines is 1. The molecule has 1 unspecified atom stereocenters. The van der Waals surface area contributed by atoms with Crippen LogP contribution in [0.25, 0.3) is 0 Å². The van der Waals surface area contributed by atoms with Crippen LogP contribution in [-0.4, -0.2) is 10.7 Å². The van der Waals surface area contributed by atoms with E-state index >= 15 is 0 Å². The van der Waals surface area contributed by atoms with Crippen molar-refractivity contribution >= 4 is 22.8 Å². The van der Waals surface area contributed by atoms with Gasteiger partial charge in [-0.25, -0.2) is 10.6 Å². The van der Waals surface area contributed by atoms with Crippen molar-refractivity contribution in [1.82, 2.24) is 0 Å². The van der Waals surface area contributed by atoms with E-state index in [4.69, 9.17) is 0 Å². The Morgan fingerprint density at radius 2 is 1.67 bits per heavy atom. The van der Waals surface area contributed by atoms with Crippen molar-refractivity contribution in [3.05, 3.63) is 105 Å². The lowest BCUT2D eigenvalue weighted by Crippen LogP contribution is -3.06. The van der Waals surface area contributed by atoms with Crippen LogP contribution in [0.15, 0.2) is 72.8 Å². The van der Waals surface area contributed by atoms with Gasteiger partial charge in [-0.1, -0.05) is 42.5 Å². The van der Waals surface area contributed by atoms with Gasteiger partial charge >= 0.3 is 0 Å². The van der Waals surface area contributed by atoms with Gasteiger partial charge in [0.25, 0.3) is 5.69 Å². The first-order valence-corrected chi connectivity index (χ1v) is 8.22. The number of nitro groups is 1. The highest BCUT2D eigenvalue weighted by Gasteiger charge is 2.21. The zero-order valence-electron chi connectivity index (χ0n) is 14.5.